The predicted octanol–water partition coefficient (Wildman–Crippen LogP) is 2.96. The van der Waals surface area contributed by atoms with Gasteiger partial charge < -0.3 is 11.1 Å². The van der Waals surface area contributed by atoms with Crippen molar-refractivity contribution < 1.29 is 9.18 Å². The second-order valence-corrected chi connectivity index (χ2v) is 5.68. The Morgan fingerprint density at radius 2 is 2.05 bits per heavy atom. The summed E-state index contributed by atoms with van der Waals surface area (Å²) < 4.78 is 13.6. The number of benzene rings is 1. The van der Waals surface area contributed by atoms with Crippen LogP contribution in [0, 0.1) is 17.7 Å². The van der Waals surface area contributed by atoms with Gasteiger partial charge in [0.15, 0.2) is 0 Å². The number of rotatable bonds is 2. The van der Waals surface area contributed by atoms with Crippen LogP contribution in [0.1, 0.15) is 43.5 Å². The minimum absolute atomic E-state index is 0.0336. The van der Waals surface area contributed by atoms with Crippen LogP contribution in [0.25, 0.3) is 0 Å². The number of nitrogens with two attached hydrogens (primary N) is 1. The highest BCUT2D eigenvalue weighted by Crippen LogP contribution is 2.29. The van der Waals surface area contributed by atoms with E-state index in [-0.39, 0.29) is 17.5 Å². The highest BCUT2D eigenvalue weighted by molar-refractivity contribution is 5.95. The van der Waals surface area contributed by atoms with Gasteiger partial charge in [0.1, 0.15) is 5.82 Å². The molecule has 1 saturated carbocycles. The SMILES string of the molecule is CC1CCC(NC(=O)c2cc(N)ccc2F)CC1C. The van der Waals surface area contributed by atoms with Crippen molar-refractivity contribution in [1.82, 2.24) is 5.32 Å². The zero-order chi connectivity index (χ0) is 14.0. The molecule has 3 N–H and O–H groups in total. The maximum Gasteiger partial charge on any atom is 0.254 e. The van der Waals surface area contributed by atoms with Gasteiger partial charge in [-0.2, -0.15) is 0 Å². The van der Waals surface area contributed by atoms with E-state index in [9.17, 15) is 9.18 Å². The smallest absolute Gasteiger partial charge is 0.254 e. The fraction of sp³-hybridized carbons (Fsp3) is 0.533. The Kier molecular flexibility index (Phi) is 4.08. The highest BCUT2D eigenvalue weighted by Gasteiger charge is 2.26. The second kappa shape index (κ2) is 5.59. The lowest BCUT2D eigenvalue weighted by Gasteiger charge is -2.32. The number of nitrogens with one attached hydrogen (secondary N) is 1. The van der Waals surface area contributed by atoms with Crippen molar-refractivity contribution in [1.29, 1.82) is 0 Å². The van der Waals surface area contributed by atoms with Gasteiger partial charge in [-0.15, -0.1) is 0 Å². The molecule has 1 amide bonds. The van der Waals surface area contributed by atoms with E-state index in [0.29, 0.717) is 17.5 Å². The van der Waals surface area contributed by atoms with Gasteiger partial charge in [-0.1, -0.05) is 13.8 Å². The third kappa shape index (κ3) is 3.25. The predicted molar refractivity (Wildman–Crippen MR) is 74.2 cm³/mol. The molecule has 3 unspecified atom stereocenters. The average Bonchev–Trinajstić information content (AvgIpc) is 2.36. The summed E-state index contributed by atoms with van der Waals surface area (Å²) in [6.45, 7) is 4.43. The molecule has 0 radical (unpaired) electrons. The largest absolute Gasteiger partial charge is 0.399 e. The molecule has 3 nitrogen and oxygen atoms in total. The van der Waals surface area contributed by atoms with E-state index < -0.39 is 5.82 Å². The molecule has 2 rings (SSSR count). The van der Waals surface area contributed by atoms with E-state index in [1.165, 1.54) is 18.2 Å². The Labute approximate surface area is 113 Å². The summed E-state index contributed by atoms with van der Waals surface area (Å²) in [5.74, 6) is 0.391. The van der Waals surface area contributed by atoms with Crippen LogP contribution in [-0.4, -0.2) is 11.9 Å². The number of amides is 1. The standard InChI is InChI=1S/C15H21FN2O/c1-9-3-5-12(7-10(9)2)18-15(19)13-8-11(17)4-6-14(13)16/h4,6,8-10,12H,3,5,7,17H2,1-2H3,(H,18,19). The molecule has 4 heteroatoms. The molecule has 0 saturated heterocycles. The van der Waals surface area contributed by atoms with Gasteiger partial charge in [0.05, 0.1) is 5.56 Å². The van der Waals surface area contributed by atoms with Crippen molar-refractivity contribution in [3.63, 3.8) is 0 Å². The van der Waals surface area contributed by atoms with Gasteiger partial charge in [-0.05, 0) is 49.3 Å². The van der Waals surface area contributed by atoms with Crippen LogP contribution in [-0.2, 0) is 0 Å². The van der Waals surface area contributed by atoms with E-state index in [4.69, 9.17) is 5.73 Å². The van der Waals surface area contributed by atoms with Gasteiger partial charge in [-0.3, -0.25) is 4.79 Å². The molecule has 104 valence electrons. The Balaban J connectivity index is 2.03. The maximum absolute atomic E-state index is 13.6. The number of halogens is 1. The Morgan fingerprint density at radius 1 is 1.32 bits per heavy atom. The second-order valence-electron chi connectivity index (χ2n) is 5.68. The van der Waals surface area contributed by atoms with Crippen LogP contribution >= 0.6 is 0 Å². The van der Waals surface area contributed by atoms with Crippen LogP contribution in [0.3, 0.4) is 0 Å². The van der Waals surface area contributed by atoms with Gasteiger partial charge in [-0.25, -0.2) is 4.39 Å². The number of anilines is 1. The van der Waals surface area contributed by atoms with Crippen molar-refractivity contribution in [2.75, 3.05) is 5.73 Å². The van der Waals surface area contributed by atoms with Crippen molar-refractivity contribution >= 4 is 11.6 Å². The van der Waals surface area contributed by atoms with Crippen molar-refractivity contribution in [3.05, 3.63) is 29.6 Å². The first-order valence-electron chi connectivity index (χ1n) is 6.83. The molecule has 1 aromatic rings. The summed E-state index contributed by atoms with van der Waals surface area (Å²) in [6, 6.07) is 4.21. The summed E-state index contributed by atoms with van der Waals surface area (Å²) in [5.41, 5.74) is 6.03. The molecule has 0 aliphatic heterocycles. The minimum atomic E-state index is -0.524. The van der Waals surface area contributed by atoms with Crippen LogP contribution in [0.4, 0.5) is 10.1 Å². The number of carbonyl (C=O) groups excluding carboxylic acids is 1. The van der Waals surface area contributed by atoms with E-state index in [1.54, 1.807) is 0 Å². The summed E-state index contributed by atoms with van der Waals surface area (Å²) in [5, 5.41) is 2.92. The van der Waals surface area contributed by atoms with Crippen LogP contribution in [0.15, 0.2) is 18.2 Å². The first-order valence-corrected chi connectivity index (χ1v) is 6.83. The minimum Gasteiger partial charge on any atom is -0.399 e. The van der Waals surface area contributed by atoms with Gasteiger partial charge in [0.2, 0.25) is 0 Å². The maximum atomic E-state index is 13.6. The third-order valence-corrected chi connectivity index (χ3v) is 4.17. The Hall–Kier alpha value is -1.58. The number of carbonyl (C=O) groups is 1. The third-order valence-electron chi connectivity index (χ3n) is 4.17. The molecule has 1 fully saturated rings. The zero-order valence-electron chi connectivity index (χ0n) is 11.4. The molecular weight excluding hydrogens is 243 g/mol. The fourth-order valence-corrected chi connectivity index (χ4v) is 2.66. The first-order chi connectivity index (χ1) is 8.97. The van der Waals surface area contributed by atoms with E-state index >= 15 is 0 Å². The Bertz CT molecular complexity index is 475. The topological polar surface area (TPSA) is 55.1 Å². The average molecular weight is 264 g/mol. The lowest BCUT2D eigenvalue weighted by molar-refractivity contribution is 0.0906. The van der Waals surface area contributed by atoms with Gasteiger partial charge in [0, 0.05) is 11.7 Å². The molecule has 1 aliphatic rings. The molecule has 1 aromatic carbocycles. The summed E-state index contributed by atoms with van der Waals surface area (Å²) in [7, 11) is 0. The quantitative estimate of drug-likeness (QED) is 0.807. The van der Waals surface area contributed by atoms with E-state index in [1.807, 2.05) is 0 Å². The summed E-state index contributed by atoms with van der Waals surface area (Å²) >= 11 is 0. The summed E-state index contributed by atoms with van der Waals surface area (Å²) in [6.07, 6.45) is 3.02. The molecule has 3 atom stereocenters. The normalized spacial score (nSPS) is 27.0. The lowest BCUT2D eigenvalue weighted by atomic mass is 9.79. The van der Waals surface area contributed by atoms with E-state index in [0.717, 1.165) is 19.3 Å². The lowest BCUT2D eigenvalue weighted by Crippen LogP contribution is -2.40. The number of hydrogen-bond donors (Lipinski definition) is 2. The number of hydrogen-bond acceptors (Lipinski definition) is 2. The zero-order valence-corrected chi connectivity index (χ0v) is 11.4. The monoisotopic (exact) mass is 264 g/mol. The van der Waals surface area contributed by atoms with Crippen molar-refractivity contribution in [2.45, 2.75) is 39.2 Å². The van der Waals surface area contributed by atoms with Crippen LogP contribution in [0.5, 0.6) is 0 Å². The molecule has 0 bridgehead atoms. The molecular formula is C15H21FN2O. The van der Waals surface area contributed by atoms with Crippen molar-refractivity contribution in [3.8, 4) is 0 Å². The van der Waals surface area contributed by atoms with Gasteiger partial charge in [0.25, 0.3) is 5.91 Å². The molecule has 19 heavy (non-hydrogen) atoms. The fourth-order valence-electron chi connectivity index (χ4n) is 2.66. The van der Waals surface area contributed by atoms with E-state index in [2.05, 4.69) is 19.2 Å². The van der Waals surface area contributed by atoms with Crippen molar-refractivity contribution in [2.24, 2.45) is 11.8 Å². The van der Waals surface area contributed by atoms with Crippen LogP contribution in [0.2, 0.25) is 0 Å². The van der Waals surface area contributed by atoms with Gasteiger partial charge >= 0.3 is 0 Å². The summed E-state index contributed by atoms with van der Waals surface area (Å²) in [4.78, 5) is 12.1. The molecule has 0 heterocycles. The first kappa shape index (κ1) is 13.8. The Morgan fingerprint density at radius 3 is 2.74 bits per heavy atom. The van der Waals surface area contributed by atoms with Crippen LogP contribution < -0.4 is 11.1 Å². The number of nitrogen functional groups attached to an aromatic ring is 1. The molecule has 0 aromatic heterocycles. The highest BCUT2D eigenvalue weighted by atomic mass is 19.1. The molecule has 0 spiro atoms. The molecule has 1 aliphatic carbocycles.